The van der Waals surface area contributed by atoms with Crippen LogP contribution in [0, 0.1) is 12.3 Å². The molecule has 0 amide bonds. The fourth-order valence-corrected chi connectivity index (χ4v) is 3.09. The zero-order valence-electron chi connectivity index (χ0n) is 18.6. The van der Waals surface area contributed by atoms with Gasteiger partial charge in [0.2, 0.25) is 0 Å². The minimum Gasteiger partial charge on any atom is -0.461 e. The maximum atomic E-state index is 13.1. The molecule has 0 aromatic carbocycles. The van der Waals surface area contributed by atoms with E-state index in [9.17, 15) is 27.6 Å². The second-order valence-electron chi connectivity index (χ2n) is 7.33. The van der Waals surface area contributed by atoms with Crippen molar-refractivity contribution in [2.75, 3.05) is 39.6 Å². The van der Waals surface area contributed by atoms with Crippen molar-refractivity contribution in [2.24, 2.45) is 0 Å². The van der Waals surface area contributed by atoms with Crippen molar-refractivity contribution in [1.82, 2.24) is 9.55 Å². The molecule has 1 aliphatic rings. The molecule has 1 N–H and O–H groups in total. The first-order chi connectivity index (χ1) is 16.2. The van der Waals surface area contributed by atoms with Crippen LogP contribution in [0.2, 0.25) is 0 Å². The van der Waals surface area contributed by atoms with E-state index >= 15 is 0 Å². The number of ether oxygens (including phenoxy) is 5. The standard InChI is InChI=1S/C21H27F3N2O8/c1-3-5-7-30-8-9-31-13-18(27)33-12-16-15(32-6-4-2)10-17(34-16)26-11-14(21(22,23)24)19(28)25-20(26)29/h2,11,15-17H,3,5-10,12-13H2,1H3,(H,25,28,29)/t15-,16+,17+/m0/s1. The van der Waals surface area contributed by atoms with Gasteiger partial charge in [0.15, 0.2) is 0 Å². The Morgan fingerprint density at radius 1 is 1.29 bits per heavy atom. The van der Waals surface area contributed by atoms with Crippen molar-refractivity contribution in [2.45, 2.75) is 50.8 Å². The highest BCUT2D eigenvalue weighted by Crippen LogP contribution is 2.32. The number of H-pyrrole nitrogens is 1. The number of esters is 1. The average molecular weight is 492 g/mol. The smallest absolute Gasteiger partial charge is 0.423 e. The van der Waals surface area contributed by atoms with E-state index in [0.717, 1.165) is 12.8 Å². The number of aromatic amines is 1. The van der Waals surface area contributed by atoms with Gasteiger partial charge in [0.05, 0.1) is 19.3 Å². The van der Waals surface area contributed by atoms with E-state index in [1.54, 1.807) is 4.98 Å². The number of rotatable bonds is 13. The molecule has 0 radical (unpaired) electrons. The van der Waals surface area contributed by atoms with Crippen molar-refractivity contribution in [3.05, 3.63) is 32.6 Å². The number of carbonyl (C=O) groups is 1. The molecule has 1 fully saturated rings. The van der Waals surface area contributed by atoms with Gasteiger partial charge in [-0.25, -0.2) is 9.59 Å². The van der Waals surface area contributed by atoms with Crippen molar-refractivity contribution < 1.29 is 41.7 Å². The molecule has 1 saturated heterocycles. The molecule has 3 atom stereocenters. The van der Waals surface area contributed by atoms with E-state index in [1.165, 1.54) is 0 Å². The summed E-state index contributed by atoms with van der Waals surface area (Å²) >= 11 is 0. The fraction of sp³-hybridized carbons (Fsp3) is 0.667. The van der Waals surface area contributed by atoms with Crippen LogP contribution < -0.4 is 11.2 Å². The molecule has 10 nitrogen and oxygen atoms in total. The minimum absolute atomic E-state index is 0.0707. The highest BCUT2D eigenvalue weighted by Gasteiger charge is 2.40. The number of halogens is 3. The largest absolute Gasteiger partial charge is 0.461 e. The molecule has 13 heteroatoms. The Labute approximate surface area is 193 Å². The van der Waals surface area contributed by atoms with Gasteiger partial charge in [-0.15, -0.1) is 6.42 Å². The number of alkyl halides is 3. The van der Waals surface area contributed by atoms with Gasteiger partial charge < -0.3 is 23.7 Å². The zero-order chi connectivity index (χ0) is 25.1. The van der Waals surface area contributed by atoms with E-state index < -0.39 is 47.4 Å². The highest BCUT2D eigenvalue weighted by molar-refractivity contribution is 5.70. The van der Waals surface area contributed by atoms with Gasteiger partial charge in [-0.2, -0.15) is 13.2 Å². The summed E-state index contributed by atoms with van der Waals surface area (Å²) < 4.78 is 66.5. The maximum Gasteiger partial charge on any atom is 0.423 e. The highest BCUT2D eigenvalue weighted by atomic mass is 19.4. The summed E-state index contributed by atoms with van der Waals surface area (Å²) in [6.07, 6.45) is -0.465. The van der Waals surface area contributed by atoms with Crippen LogP contribution in [0.25, 0.3) is 0 Å². The van der Waals surface area contributed by atoms with Gasteiger partial charge in [-0.05, 0) is 6.42 Å². The summed E-state index contributed by atoms with van der Waals surface area (Å²) in [4.78, 5) is 37.2. The Kier molecular flexibility index (Phi) is 10.8. The first kappa shape index (κ1) is 27.6. The van der Waals surface area contributed by atoms with E-state index in [-0.39, 0.29) is 32.8 Å². The van der Waals surface area contributed by atoms with Gasteiger partial charge in [-0.1, -0.05) is 19.3 Å². The van der Waals surface area contributed by atoms with Crippen LogP contribution in [0.1, 0.15) is 38.0 Å². The lowest BCUT2D eigenvalue weighted by Gasteiger charge is -2.18. The van der Waals surface area contributed by atoms with Crippen LogP contribution in [0.15, 0.2) is 15.8 Å². The Morgan fingerprint density at radius 2 is 2.03 bits per heavy atom. The van der Waals surface area contributed by atoms with Crippen LogP contribution in [0.4, 0.5) is 13.2 Å². The third kappa shape index (κ3) is 8.28. The predicted octanol–water partition coefficient (Wildman–Crippen LogP) is 1.24. The second kappa shape index (κ2) is 13.3. The average Bonchev–Trinajstić information content (AvgIpc) is 3.17. The van der Waals surface area contributed by atoms with Crippen LogP contribution in [-0.4, -0.2) is 67.4 Å². The number of unbranched alkanes of at least 4 members (excludes halogenated alkanes) is 1. The Balaban J connectivity index is 1.96. The summed E-state index contributed by atoms with van der Waals surface area (Å²) in [5.41, 5.74) is -4.21. The van der Waals surface area contributed by atoms with Gasteiger partial charge in [0, 0.05) is 19.2 Å². The fourth-order valence-electron chi connectivity index (χ4n) is 3.09. The molecular weight excluding hydrogens is 465 g/mol. The van der Waals surface area contributed by atoms with Crippen LogP contribution in [0.3, 0.4) is 0 Å². The van der Waals surface area contributed by atoms with Crippen LogP contribution >= 0.6 is 0 Å². The second-order valence-corrected chi connectivity index (χ2v) is 7.33. The van der Waals surface area contributed by atoms with Gasteiger partial charge in [0.1, 0.15) is 37.7 Å². The SMILES string of the molecule is C#CCO[C@H]1C[C@H](n2cc(C(F)(F)F)c(=O)[nH]c2=O)O[C@@H]1COC(=O)COCCOCCCC. The van der Waals surface area contributed by atoms with Gasteiger partial charge in [-0.3, -0.25) is 14.3 Å². The number of hydrogen-bond acceptors (Lipinski definition) is 8. The summed E-state index contributed by atoms with van der Waals surface area (Å²) in [6, 6.07) is 0. The minimum atomic E-state index is -4.98. The molecule has 1 aromatic rings. The molecule has 0 spiro atoms. The van der Waals surface area contributed by atoms with E-state index in [4.69, 9.17) is 30.1 Å². The number of carbonyl (C=O) groups excluding carboxylic acids is 1. The Hall–Kier alpha value is -2.66. The molecule has 190 valence electrons. The Bertz CT molecular complexity index is 953. The molecule has 1 aliphatic heterocycles. The van der Waals surface area contributed by atoms with Crippen molar-refractivity contribution in [3.63, 3.8) is 0 Å². The number of hydrogen-bond donors (Lipinski definition) is 1. The topological polar surface area (TPSA) is 118 Å². The molecule has 2 rings (SSSR count). The molecule has 0 bridgehead atoms. The lowest BCUT2D eigenvalue weighted by Crippen LogP contribution is -2.36. The summed E-state index contributed by atoms with van der Waals surface area (Å²) in [5, 5.41) is 0. The Morgan fingerprint density at radius 3 is 2.71 bits per heavy atom. The molecular formula is C21H27F3N2O8. The lowest BCUT2D eigenvalue weighted by molar-refractivity contribution is -0.156. The van der Waals surface area contributed by atoms with Crippen LogP contribution in [-0.2, 0) is 34.7 Å². The maximum absolute atomic E-state index is 13.1. The van der Waals surface area contributed by atoms with E-state index in [0.29, 0.717) is 24.0 Å². The molecule has 34 heavy (non-hydrogen) atoms. The summed E-state index contributed by atoms with van der Waals surface area (Å²) in [7, 11) is 0. The van der Waals surface area contributed by atoms with Crippen molar-refractivity contribution in [1.29, 1.82) is 0 Å². The van der Waals surface area contributed by atoms with E-state index in [1.807, 2.05) is 6.92 Å². The zero-order valence-corrected chi connectivity index (χ0v) is 18.6. The van der Waals surface area contributed by atoms with Gasteiger partial charge in [0.25, 0.3) is 5.56 Å². The first-order valence-corrected chi connectivity index (χ1v) is 10.6. The third-order valence-electron chi connectivity index (χ3n) is 4.79. The lowest BCUT2D eigenvalue weighted by atomic mass is 10.2. The first-order valence-electron chi connectivity index (χ1n) is 10.6. The van der Waals surface area contributed by atoms with Gasteiger partial charge >= 0.3 is 17.8 Å². The number of nitrogens with one attached hydrogen (secondary N) is 1. The summed E-state index contributed by atoms with van der Waals surface area (Å²) in [5.74, 6) is 1.56. The number of nitrogens with zero attached hydrogens (tertiary/aromatic N) is 1. The number of aromatic nitrogens is 2. The number of terminal acetylenes is 1. The predicted molar refractivity (Wildman–Crippen MR) is 111 cm³/mol. The monoisotopic (exact) mass is 492 g/mol. The third-order valence-corrected chi connectivity index (χ3v) is 4.79. The quantitative estimate of drug-likeness (QED) is 0.248. The van der Waals surface area contributed by atoms with Crippen LogP contribution in [0.5, 0.6) is 0 Å². The van der Waals surface area contributed by atoms with Crippen molar-refractivity contribution >= 4 is 5.97 Å². The van der Waals surface area contributed by atoms with E-state index in [2.05, 4.69) is 5.92 Å². The molecule has 2 heterocycles. The van der Waals surface area contributed by atoms with Crippen molar-refractivity contribution in [3.8, 4) is 12.3 Å². The molecule has 0 aliphatic carbocycles. The normalized spacial score (nSPS) is 20.3. The summed E-state index contributed by atoms with van der Waals surface area (Å²) in [6.45, 7) is 2.38. The molecule has 0 saturated carbocycles. The molecule has 1 aromatic heterocycles. The molecule has 0 unspecified atom stereocenters.